The summed E-state index contributed by atoms with van der Waals surface area (Å²) < 4.78 is 5.87. The van der Waals surface area contributed by atoms with Gasteiger partial charge in [0.1, 0.15) is 12.0 Å². The number of amides is 1. The number of aromatic nitrogens is 2. The Hall–Kier alpha value is -4.32. The number of aryl methyl sites for hydroxylation is 2. The van der Waals surface area contributed by atoms with Gasteiger partial charge in [-0.15, -0.1) is 0 Å². The van der Waals surface area contributed by atoms with Crippen LogP contribution in [0.3, 0.4) is 0 Å². The molecule has 6 nitrogen and oxygen atoms in total. The number of benzene rings is 3. The Morgan fingerprint density at radius 1 is 0.829 bits per heavy atom. The van der Waals surface area contributed by atoms with Crippen LogP contribution in [0.4, 0.5) is 0 Å². The minimum Gasteiger partial charge on any atom is -0.494 e. The summed E-state index contributed by atoms with van der Waals surface area (Å²) >= 11 is 0. The molecule has 41 heavy (non-hydrogen) atoms. The highest BCUT2D eigenvalue weighted by Crippen LogP contribution is 2.24. The van der Waals surface area contributed by atoms with Crippen LogP contribution in [0.15, 0.2) is 79.1 Å². The zero-order valence-electron chi connectivity index (χ0n) is 24.2. The van der Waals surface area contributed by atoms with Gasteiger partial charge in [-0.05, 0) is 73.2 Å². The maximum absolute atomic E-state index is 12.6. The maximum atomic E-state index is 12.6. The molecule has 1 atom stereocenters. The Bertz CT molecular complexity index is 1420. The van der Waals surface area contributed by atoms with Gasteiger partial charge in [0.25, 0.3) is 5.91 Å². The van der Waals surface area contributed by atoms with Crippen LogP contribution in [0, 0.1) is 13.8 Å². The Morgan fingerprint density at radius 3 is 2.17 bits per heavy atom. The largest absolute Gasteiger partial charge is 0.494 e. The van der Waals surface area contributed by atoms with Crippen molar-refractivity contribution in [1.82, 2.24) is 15.3 Å². The van der Waals surface area contributed by atoms with Crippen LogP contribution in [0.5, 0.6) is 5.75 Å². The van der Waals surface area contributed by atoms with Gasteiger partial charge in [0.15, 0.2) is 5.82 Å². The molecule has 4 rings (SSSR count). The maximum Gasteiger partial charge on any atom is 0.251 e. The third-order valence-electron chi connectivity index (χ3n) is 7.27. The van der Waals surface area contributed by atoms with Gasteiger partial charge in [-0.3, -0.25) is 4.79 Å². The first-order valence-electron chi connectivity index (χ1n) is 14.4. The third kappa shape index (κ3) is 8.58. The zero-order valence-corrected chi connectivity index (χ0v) is 24.2. The van der Waals surface area contributed by atoms with E-state index >= 15 is 0 Å². The summed E-state index contributed by atoms with van der Waals surface area (Å²) in [5.41, 5.74) is 6.49. The number of carbonyl (C=O) groups is 2. The van der Waals surface area contributed by atoms with Crippen molar-refractivity contribution in [3.05, 3.63) is 101 Å². The fourth-order valence-corrected chi connectivity index (χ4v) is 4.58. The lowest BCUT2D eigenvalue weighted by molar-refractivity contribution is -0.109. The summed E-state index contributed by atoms with van der Waals surface area (Å²) in [4.78, 5) is 33.5. The van der Waals surface area contributed by atoms with Crippen LogP contribution in [0.25, 0.3) is 22.5 Å². The molecule has 1 amide bonds. The summed E-state index contributed by atoms with van der Waals surface area (Å²) in [5.74, 6) is 1.25. The van der Waals surface area contributed by atoms with Crippen LogP contribution >= 0.6 is 0 Å². The van der Waals surface area contributed by atoms with Crippen molar-refractivity contribution < 1.29 is 14.3 Å². The van der Waals surface area contributed by atoms with E-state index in [4.69, 9.17) is 4.74 Å². The van der Waals surface area contributed by atoms with Gasteiger partial charge < -0.3 is 14.8 Å². The lowest BCUT2D eigenvalue weighted by atomic mass is 10.0. The van der Waals surface area contributed by atoms with Crippen molar-refractivity contribution >= 4 is 12.2 Å². The van der Waals surface area contributed by atoms with Crippen molar-refractivity contribution in [2.24, 2.45) is 0 Å². The highest BCUT2D eigenvalue weighted by molar-refractivity contribution is 5.96. The fraction of sp³-hybridized carbons (Fsp3) is 0.314. The van der Waals surface area contributed by atoms with Gasteiger partial charge >= 0.3 is 0 Å². The van der Waals surface area contributed by atoms with Gasteiger partial charge in [-0.1, -0.05) is 75.1 Å². The van der Waals surface area contributed by atoms with E-state index in [9.17, 15) is 9.59 Å². The Kier molecular flexibility index (Phi) is 10.8. The number of ether oxygens (including phenoxy) is 1. The molecule has 1 unspecified atom stereocenters. The van der Waals surface area contributed by atoms with E-state index in [0.29, 0.717) is 17.8 Å². The number of hydrogen-bond donors (Lipinski definition) is 1. The Balaban J connectivity index is 1.30. The van der Waals surface area contributed by atoms with Gasteiger partial charge in [0, 0.05) is 29.1 Å². The number of carbonyl (C=O) groups excluding carboxylic acids is 2. The average Bonchev–Trinajstić information content (AvgIpc) is 3.00. The number of hydrogen-bond acceptors (Lipinski definition) is 5. The molecule has 6 heteroatoms. The molecule has 0 saturated heterocycles. The molecule has 0 spiro atoms. The smallest absolute Gasteiger partial charge is 0.251 e. The first-order chi connectivity index (χ1) is 20.0. The normalized spacial score (nSPS) is 11.6. The highest BCUT2D eigenvalue weighted by Gasteiger charge is 2.15. The van der Waals surface area contributed by atoms with E-state index in [1.165, 1.54) is 25.7 Å². The van der Waals surface area contributed by atoms with Crippen molar-refractivity contribution in [2.45, 2.75) is 65.3 Å². The molecule has 3 aromatic carbocycles. The highest BCUT2D eigenvalue weighted by atomic mass is 16.5. The first kappa shape index (κ1) is 29.7. The molecule has 0 saturated carbocycles. The molecular formula is C35H39N3O3. The molecule has 4 aromatic rings. The summed E-state index contributed by atoms with van der Waals surface area (Å²) in [6.07, 6.45) is 10.9. The topological polar surface area (TPSA) is 81.2 Å². The monoisotopic (exact) mass is 549 g/mol. The van der Waals surface area contributed by atoms with E-state index in [0.717, 1.165) is 58.4 Å². The molecule has 0 aliphatic rings. The summed E-state index contributed by atoms with van der Waals surface area (Å²) in [7, 11) is 0. The average molecular weight is 550 g/mol. The second-order valence-electron chi connectivity index (χ2n) is 10.5. The first-order valence-corrected chi connectivity index (χ1v) is 14.4. The number of nitrogens with zero attached hydrogens (tertiary/aromatic N) is 2. The van der Waals surface area contributed by atoms with Crippen LogP contribution in [-0.2, 0) is 11.2 Å². The Morgan fingerprint density at radius 2 is 1.51 bits per heavy atom. The molecule has 0 fully saturated rings. The summed E-state index contributed by atoms with van der Waals surface area (Å²) in [6.45, 7) is 6.93. The lowest BCUT2D eigenvalue weighted by Gasteiger charge is -2.14. The molecule has 0 aliphatic heterocycles. The zero-order chi connectivity index (χ0) is 29.0. The Labute approximate surface area is 243 Å². The summed E-state index contributed by atoms with van der Waals surface area (Å²) in [5, 5.41) is 2.83. The van der Waals surface area contributed by atoms with Gasteiger partial charge in [-0.25, -0.2) is 9.97 Å². The molecule has 0 radical (unpaired) electrons. The molecule has 1 N–H and O–H groups in total. The van der Waals surface area contributed by atoms with E-state index in [1.54, 1.807) is 6.07 Å². The van der Waals surface area contributed by atoms with Crippen molar-refractivity contribution in [1.29, 1.82) is 0 Å². The predicted octanol–water partition coefficient (Wildman–Crippen LogP) is 7.32. The predicted molar refractivity (Wildman–Crippen MR) is 164 cm³/mol. The number of rotatable bonds is 14. The van der Waals surface area contributed by atoms with Crippen molar-refractivity contribution in [3.8, 4) is 28.3 Å². The van der Waals surface area contributed by atoms with Crippen LogP contribution in [0.1, 0.15) is 66.1 Å². The fourth-order valence-electron chi connectivity index (χ4n) is 4.58. The van der Waals surface area contributed by atoms with Crippen LogP contribution < -0.4 is 10.1 Å². The molecule has 0 aliphatic carbocycles. The summed E-state index contributed by atoms with van der Waals surface area (Å²) in [6, 6.07) is 20.7. The van der Waals surface area contributed by atoms with Gasteiger partial charge in [0.05, 0.1) is 12.6 Å². The molecule has 212 valence electrons. The van der Waals surface area contributed by atoms with Crippen LogP contribution in [0.2, 0.25) is 0 Å². The van der Waals surface area contributed by atoms with E-state index in [-0.39, 0.29) is 5.91 Å². The minimum atomic E-state index is -0.618. The van der Waals surface area contributed by atoms with E-state index < -0.39 is 6.04 Å². The van der Waals surface area contributed by atoms with Crippen molar-refractivity contribution in [2.75, 3.05) is 6.61 Å². The standard InChI is InChI=1S/C35H39N3O3/c1-4-5-6-7-8-19-41-33-17-15-28(16-18-33)31-22-36-34(37-23-31)29-13-10-27(11-14-29)21-32(24-39)38-35(40)30-12-9-25(2)26(3)20-30/h9-18,20,22-24,32H,4-8,19,21H2,1-3H3,(H,38,40). The third-order valence-corrected chi connectivity index (χ3v) is 7.27. The number of nitrogens with one attached hydrogen (secondary N) is 1. The quantitative estimate of drug-likeness (QED) is 0.132. The molecule has 1 aromatic heterocycles. The lowest BCUT2D eigenvalue weighted by Crippen LogP contribution is -2.37. The SMILES string of the molecule is CCCCCCCOc1ccc(-c2cnc(-c3ccc(CC(C=O)NC(=O)c4ccc(C)c(C)c4)cc3)nc2)cc1. The second kappa shape index (κ2) is 14.9. The van der Waals surface area contributed by atoms with Gasteiger partial charge in [-0.2, -0.15) is 0 Å². The van der Waals surface area contributed by atoms with Gasteiger partial charge in [0.2, 0.25) is 0 Å². The van der Waals surface area contributed by atoms with E-state index in [2.05, 4.69) is 22.2 Å². The number of aldehydes is 1. The minimum absolute atomic E-state index is 0.254. The molecular weight excluding hydrogens is 510 g/mol. The number of unbranched alkanes of at least 4 members (excludes halogenated alkanes) is 4. The molecule has 1 heterocycles. The van der Waals surface area contributed by atoms with E-state index in [1.807, 2.05) is 86.9 Å². The molecule has 0 bridgehead atoms. The van der Waals surface area contributed by atoms with Crippen molar-refractivity contribution in [3.63, 3.8) is 0 Å². The van der Waals surface area contributed by atoms with Crippen LogP contribution in [-0.4, -0.2) is 34.8 Å². The second-order valence-corrected chi connectivity index (χ2v) is 10.5.